The lowest BCUT2D eigenvalue weighted by molar-refractivity contribution is 0.584. The van der Waals surface area contributed by atoms with Crippen molar-refractivity contribution in [1.29, 1.82) is 0 Å². The Morgan fingerprint density at radius 3 is 2.70 bits per heavy atom. The average molecular weight is 314 g/mol. The molecular formula is C14H22N2O2S2. The van der Waals surface area contributed by atoms with Crippen molar-refractivity contribution in [2.24, 2.45) is 0 Å². The summed E-state index contributed by atoms with van der Waals surface area (Å²) < 4.78 is 26.9. The third-order valence-corrected chi connectivity index (χ3v) is 6.29. The standard InChI is InChI=1S/C14H22N2O2S2/c1-3-15-20(17,18)14-7-5-4-6-13(14)16-11-8-9-12(10-11)19-2/h4-7,11-12,15-16H,3,8-10H2,1-2H3. The predicted molar refractivity (Wildman–Crippen MR) is 85.9 cm³/mol. The lowest BCUT2D eigenvalue weighted by Gasteiger charge is -2.17. The van der Waals surface area contributed by atoms with E-state index in [0.29, 0.717) is 28.4 Å². The van der Waals surface area contributed by atoms with Gasteiger partial charge in [0, 0.05) is 17.8 Å². The van der Waals surface area contributed by atoms with Gasteiger partial charge in [0.15, 0.2) is 0 Å². The molecule has 0 spiro atoms. The Balaban J connectivity index is 2.17. The smallest absolute Gasteiger partial charge is 0.242 e. The predicted octanol–water partition coefficient (Wildman–Crippen LogP) is 2.68. The van der Waals surface area contributed by atoms with Crippen LogP contribution in [-0.2, 0) is 10.0 Å². The highest BCUT2D eigenvalue weighted by atomic mass is 32.2. The molecule has 6 heteroatoms. The van der Waals surface area contributed by atoms with E-state index in [1.54, 1.807) is 19.1 Å². The van der Waals surface area contributed by atoms with Crippen LogP contribution in [0.3, 0.4) is 0 Å². The summed E-state index contributed by atoms with van der Waals surface area (Å²) >= 11 is 1.89. The zero-order chi connectivity index (χ0) is 14.6. The van der Waals surface area contributed by atoms with Crippen LogP contribution in [0.4, 0.5) is 5.69 Å². The van der Waals surface area contributed by atoms with Crippen molar-refractivity contribution in [3.63, 3.8) is 0 Å². The van der Waals surface area contributed by atoms with E-state index in [9.17, 15) is 8.42 Å². The molecule has 0 amide bonds. The van der Waals surface area contributed by atoms with Gasteiger partial charge in [-0.05, 0) is 37.7 Å². The summed E-state index contributed by atoms with van der Waals surface area (Å²) in [4.78, 5) is 0.342. The molecule has 2 unspecified atom stereocenters. The zero-order valence-electron chi connectivity index (χ0n) is 11.9. The van der Waals surface area contributed by atoms with Crippen LogP contribution in [0, 0.1) is 0 Å². The Kier molecular flexibility index (Phi) is 5.35. The molecule has 1 aromatic rings. The SMILES string of the molecule is CCNS(=O)(=O)c1ccccc1NC1CCC(SC)C1. The first-order valence-electron chi connectivity index (χ1n) is 6.95. The van der Waals surface area contributed by atoms with Gasteiger partial charge in [-0.25, -0.2) is 13.1 Å². The topological polar surface area (TPSA) is 58.2 Å². The summed E-state index contributed by atoms with van der Waals surface area (Å²) in [6.07, 6.45) is 5.52. The van der Waals surface area contributed by atoms with E-state index in [-0.39, 0.29) is 0 Å². The average Bonchev–Trinajstić information content (AvgIpc) is 2.87. The summed E-state index contributed by atoms with van der Waals surface area (Å²) in [6.45, 7) is 2.18. The van der Waals surface area contributed by atoms with Crippen LogP contribution in [0.1, 0.15) is 26.2 Å². The number of thioether (sulfide) groups is 1. The third-order valence-electron chi connectivity index (χ3n) is 3.59. The van der Waals surface area contributed by atoms with Gasteiger partial charge in [0.1, 0.15) is 4.90 Å². The Bertz CT molecular complexity index is 546. The molecule has 0 heterocycles. The van der Waals surface area contributed by atoms with E-state index >= 15 is 0 Å². The van der Waals surface area contributed by atoms with Gasteiger partial charge in [0.25, 0.3) is 0 Å². The first-order chi connectivity index (χ1) is 9.56. The maximum atomic E-state index is 12.2. The molecule has 0 aliphatic heterocycles. The highest BCUT2D eigenvalue weighted by Gasteiger charge is 2.25. The molecular weight excluding hydrogens is 292 g/mol. The van der Waals surface area contributed by atoms with E-state index in [1.807, 2.05) is 23.9 Å². The van der Waals surface area contributed by atoms with E-state index < -0.39 is 10.0 Å². The molecule has 2 N–H and O–H groups in total. The van der Waals surface area contributed by atoms with Gasteiger partial charge in [0.05, 0.1) is 5.69 Å². The molecule has 112 valence electrons. The van der Waals surface area contributed by atoms with Crippen molar-refractivity contribution in [1.82, 2.24) is 4.72 Å². The molecule has 1 aliphatic carbocycles. The highest BCUT2D eigenvalue weighted by Crippen LogP contribution is 2.31. The van der Waals surface area contributed by atoms with Crippen LogP contribution in [-0.4, -0.2) is 32.5 Å². The lowest BCUT2D eigenvalue weighted by Crippen LogP contribution is -2.25. The number of sulfonamides is 1. The lowest BCUT2D eigenvalue weighted by atomic mass is 10.2. The number of anilines is 1. The Morgan fingerprint density at radius 1 is 1.30 bits per heavy atom. The van der Waals surface area contributed by atoms with Crippen molar-refractivity contribution >= 4 is 27.5 Å². The van der Waals surface area contributed by atoms with Gasteiger partial charge in [-0.2, -0.15) is 11.8 Å². The molecule has 0 bridgehead atoms. The van der Waals surface area contributed by atoms with Crippen molar-refractivity contribution < 1.29 is 8.42 Å². The van der Waals surface area contributed by atoms with Crippen molar-refractivity contribution in [3.8, 4) is 0 Å². The van der Waals surface area contributed by atoms with Crippen LogP contribution >= 0.6 is 11.8 Å². The van der Waals surface area contributed by atoms with Gasteiger partial charge in [-0.1, -0.05) is 19.1 Å². The fourth-order valence-corrected chi connectivity index (χ4v) is 4.60. The second-order valence-electron chi connectivity index (χ2n) is 5.01. The Morgan fingerprint density at radius 2 is 2.05 bits per heavy atom. The molecule has 0 aromatic heterocycles. The molecule has 1 saturated carbocycles. The first-order valence-corrected chi connectivity index (χ1v) is 9.72. The minimum Gasteiger partial charge on any atom is -0.381 e. The molecule has 1 aromatic carbocycles. The Labute approximate surface area is 125 Å². The molecule has 0 radical (unpaired) electrons. The largest absolute Gasteiger partial charge is 0.381 e. The summed E-state index contributed by atoms with van der Waals surface area (Å²) in [7, 11) is -3.42. The molecule has 4 nitrogen and oxygen atoms in total. The number of hydrogen-bond donors (Lipinski definition) is 2. The van der Waals surface area contributed by atoms with Crippen LogP contribution < -0.4 is 10.0 Å². The van der Waals surface area contributed by atoms with Crippen molar-refractivity contribution in [2.45, 2.75) is 42.4 Å². The molecule has 1 fully saturated rings. The molecule has 20 heavy (non-hydrogen) atoms. The summed E-state index contributed by atoms with van der Waals surface area (Å²) in [6, 6.07) is 7.49. The Hall–Kier alpha value is -0.720. The zero-order valence-corrected chi connectivity index (χ0v) is 13.6. The number of benzene rings is 1. The highest BCUT2D eigenvalue weighted by molar-refractivity contribution is 7.99. The maximum Gasteiger partial charge on any atom is 0.242 e. The summed E-state index contributed by atoms with van der Waals surface area (Å²) in [5.74, 6) is 0. The first kappa shape index (κ1) is 15.7. The molecule has 0 saturated heterocycles. The number of nitrogens with one attached hydrogen (secondary N) is 2. The normalized spacial score (nSPS) is 22.9. The van der Waals surface area contributed by atoms with Crippen LogP contribution in [0.5, 0.6) is 0 Å². The number of hydrogen-bond acceptors (Lipinski definition) is 4. The van der Waals surface area contributed by atoms with Gasteiger partial charge in [-0.15, -0.1) is 0 Å². The van der Waals surface area contributed by atoms with Gasteiger partial charge < -0.3 is 5.32 Å². The van der Waals surface area contributed by atoms with Crippen LogP contribution in [0.15, 0.2) is 29.2 Å². The number of rotatable bonds is 6. The van der Waals surface area contributed by atoms with E-state index in [4.69, 9.17) is 0 Å². The van der Waals surface area contributed by atoms with E-state index in [2.05, 4.69) is 16.3 Å². The van der Waals surface area contributed by atoms with Gasteiger partial charge in [-0.3, -0.25) is 0 Å². The third kappa shape index (κ3) is 3.68. The monoisotopic (exact) mass is 314 g/mol. The number of para-hydroxylation sites is 1. The summed E-state index contributed by atoms with van der Waals surface area (Å²) in [5.41, 5.74) is 0.709. The molecule has 2 atom stereocenters. The minimum atomic E-state index is -3.42. The molecule has 2 rings (SSSR count). The fourth-order valence-electron chi connectivity index (χ4n) is 2.59. The van der Waals surface area contributed by atoms with E-state index in [0.717, 1.165) is 12.8 Å². The minimum absolute atomic E-state index is 0.342. The quantitative estimate of drug-likeness (QED) is 0.847. The van der Waals surface area contributed by atoms with Gasteiger partial charge in [0.2, 0.25) is 10.0 Å². The maximum absolute atomic E-state index is 12.2. The molecule has 1 aliphatic rings. The second kappa shape index (κ2) is 6.83. The fraction of sp³-hybridized carbons (Fsp3) is 0.571. The van der Waals surface area contributed by atoms with Crippen LogP contribution in [0.2, 0.25) is 0 Å². The summed E-state index contributed by atoms with van der Waals surface area (Å²) in [5, 5.41) is 4.09. The second-order valence-corrected chi connectivity index (χ2v) is 7.88. The van der Waals surface area contributed by atoms with Gasteiger partial charge >= 0.3 is 0 Å². The van der Waals surface area contributed by atoms with Crippen LogP contribution in [0.25, 0.3) is 0 Å². The van der Waals surface area contributed by atoms with Crippen molar-refractivity contribution in [2.75, 3.05) is 18.1 Å². The van der Waals surface area contributed by atoms with Crippen molar-refractivity contribution in [3.05, 3.63) is 24.3 Å². The van der Waals surface area contributed by atoms with E-state index in [1.165, 1.54) is 6.42 Å².